The fourth-order valence-corrected chi connectivity index (χ4v) is 3.33. The van der Waals surface area contributed by atoms with Crippen LogP contribution in [0.15, 0.2) is 6.07 Å². The van der Waals surface area contributed by atoms with Crippen LogP contribution in [0.1, 0.15) is 47.8 Å². The second-order valence-electron chi connectivity index (χ2n) is 6.12. The van der Waals surface area contributed by atoms with Gasteiger partial charge in [0.2, 0.25) is 0 Å². The van der Waals surface area contributed by atoms with Crippen molar-refractivity contribution < 1.29 is 9.90 Å². The van der Waals surface area contributed by atoms with Crippen LogP contribution in [0.3, 0.4) is 0 Å². The van der Waals surface area contributed by atoms with E-state index in [-0.39, 0.29) is 0 Å². The molecule has 1 atom stereocenters. The van der Waals surface area contributed by atoms with Crippen LogP contribution in [0.4, 0.5) is 5.82 Å². The Morgan fingerprint density at radius 3 is 2.86 bits per heavy atom. The molecule has 1 fully saturated rings. The molecule has 3 rings (SSSR count). The van der Waals surface area contributed by atoms with Gasteiger partial charge in [-0.05, 0) is 63.7 Å². The minimum Gasteiger partial charge on any atom is -0.478 e. The molecule has 1 aliphatic carbocycles. The molecule has 1 unspecified atom stereocenters. The van der Waals surface area contributed by atoms with Gasteiger partial charge in [0, 0.05) is 18.3 Å². The number of aromatic nitrogens is 1. The maximum Gasteiger partial charge on any atom is 0.339 e. The van der Waals surface area contributed by atoms with Gasteiger partial charge in [-0.15, -0.1) is 0 Å². The van der Waals surface area contributed by atoms with Gasteiger partial charge in [-0.1, -0.05) is 0 Å². The van der Waals surface area contributed by atoms with Crippen molar-refractivity contribution >= 4 is 11.8 Å². The molecule has 21 heavy (non-hydrogen) atoms. The van der Waals surface area contributed by atoms with Gasteiger partial charge < -0.3 is 10.4 Å². The molecule has 0 bridgehead atoms. The highest BCUT2D eigenvalue weighted by Crippen LogP contribution is 2.25. The molecule has 0 radical (unpaired) electrons. The standard InChI is InChI=1S/C16H23N3O2/c1-11(19-7-2-3-8-19)10-17-15-13(16(20)21)9-12-5-4-6-14(12)18-15/h9,11H,2-8,10H2,1H3,(H,17,18)(H,20,21). The number of pyridine rings is 1. The molecule has 2 heterocycles. The lowest BCUT2D eigenvalue weighted by atomic mass is 10.1. The number of nitrogens with one attached hydrogen (secondary N) is 1. The number of carboxylic acids is 1. The molecule has 1 saturated heterocycles. The molecule has 1 aromatic rings. The first kappa shape index (κ1) is 14.3. The van der Waals surface area contributed by atoms with Gasteiger partial charge in [0.15, 0.2) is 0 Å². The number of fused-ring (bicyclic) bond motifs is 1. The number of rotatable bonds is 5. The number of nitrogens with zero attached hydrogens (tertiary/aromatic N) is 2. The topological polar surface area (TPSA) is 65.5 Å². The zero-order valence-electron chi connectivity index (χ0n) is 12.6. The van der Waals surface area contributed by atoms with Crippen molar-refractivity contribution in [2.45, 2.75) is 45.1 Å². The summed E-state index contributed by atoms with van der Waals surface area (Å²) in [4.78, 5) is 18.4. The fraction of sp³-hybridized carbons (Fsp3) is 0.625. The highest BCUT2D eigenvalue weighted by molar-refractivity contribution is 5.93. The molecule has 1 aliphatic heterocycles. The summed E-state index contributed by atoms with van der Waals surface area (Å²) in [5, 5.41) is 12.7. The lowest BCUT2D eigenvalue weighted by Crippen LogP contribution is -2.36. The summed E-state index contributed by atoms with van der Waals surface area (Å²) in [5.74, 6) is -0.359. The average molecular weight is 289 g/mol. The van der Waals surface area contributed by atoms with Crippen molar-refractivity contribution in [2.24, 2.45) is 0 Å². The number of carbonyl (C=O) groups is 1. The third kappa shape index (κ3) is 3.02. The van der Waals surface area contributed by atoms with E-state index < -0.39 is 5.97 Å². The molecular formula is C16H23N3O2. The quantitative estimate of drug-likeness (QED) is 0.869. The third-order valence-corrected chi connectivity index (χ3v) is 4.61. The van der Waals surface area contributed by atoms with Crippen LogP contribution in [0.5, 0.6) is 0 Å². The molecule has 1 aromatic heterocycles. The van der Waals surface area contributed by atoms with Gasteiger partial charge in [0.1, 0.15) is 11.4 Å². The Morgan fingerprint density at radius 2 is 2.14 bits per heavy atom. The number of hydrogen-bond donors (Lipinski definition) is 2. The molecule has 0 amide bonds. The van der Waals surface area contributed by atoms with Gasteiger partial charge in [0.05, 0.1) is 0 Å². The van der Waals surface area contributed by atoms with Gasteiger partial charge in [0.25, 0.3) is 0 Å². The van der Waals surface area contributed by atoms with E-state index in [9.17, 15) is 9.90 Å². The number of anilines is 1. The van der Waals surface area contributed by atoms with Crippen LogP contribution in [0.25, 0.3) is 0 Å². The highest BCUT2D eigenvalue weighted by Gasteiger charge is 2.22. The summed E-state index contributed by atoms with van der Waals surface area (Å²) in [6, 6.07) is 2.21. The molecule has 0 spiro atoms. The van der Waals surface area contributed by atoms with E-state index in [0.29, 0.717) is 17.4 Å². The Bertz CT molecular complexity index is 539. The third-order valence-electron chi connectivity index (χ3n) is 4.61. The average Bonchev–Trinajstić information content (AvgIpc) is 3.13. The predicted molar refractivity (Wildman–Crippen MR) is 82.0 cm³/mol. The molecule has 2 N–H and O–H groups in total. The van der Waals surface area contributed by atoms with Crippen molar-refractivity contribution in [3.05, 3.63) is 22.9 Å². The number of hydrogen-bond acceptors (Lipinski definition) is 4. The van der Waals surface area contributed by atoms with Gasteiger partial charge >= 0.3 is 5.97 Å². The largest absolute Gasteiger partial charge is 0.478 e. The van der Waals surface area contributed by atoms with Crippen molar-refractivity contribution in [1.29, 1.82) is 0 Å². The van der Waals surface area contributed by atoms with Gasteiger partial charge in [-0.3, -0.25) is 4.90 Å². The maximum atomic E-state index is 11.4. The molecular weight excluding hydrogens is 266 g/mol. The predicted octanol–water partition coefficient (Wildman–Crippen LogP) is 2.16. The smallest absolute Gasteiger partial charge is 0.339 e. The minimum atomic E-state index is -0.895. The summed E-state index contributed by atoms with van der Waals surface area (Å²) in [7, 11) is 0. The van der Waals surface area contributed by atoms with E-state index >= 15 is 0 Å². The molecule has 0 saturated carbocycles. The first-order chi connectivity index (χ1) is 10.1. The lowest BCUT2D eigenvalue weighted by molar-refractivity contribution is 0.0697. The van der Waals surface area contributed by atoms with Crippen LogP contribution >= 0.6 is 0 Å². The van der Waals surface area contributed by atoms with E-state index in [1.54, 1.807) is 6.07 Å². The first-order valence-corrected chi connectivity index (χ1v) is 7.89. The Kier molecular flexibility index (Phi) is 4.10. The van der Waals surface area contributed by atoms with Crippen molar-refractivity contribution in [1.82, 2.24) is 9.88 Å². The Morgan fingerprint density at radius 1 is 1.38 bits per heavy atom. The zero-order valence-corrected chi connectivity index (χ0v) is 12.6. The van der Waals surface area contributed by atoms with Gasteiger partial charge in [-0.25, -0.2) is 9.78 Å². The number of aromatic carboxylic acids is 1. The lowest BCUT2D eigenvalue weighted by Gasteiger charge is -2.24. The van der Waals surface area contributed by atoms with Crippen LogP contribution in [-0.2, 0) is 12.8 Å². The fourth-order valence-electron chi connectivity index (χ4n) is 3.33. The van der Waals surface area contributed by atoms with E-state index in [1.807, 2.05) is 0 Å². The van der Waals surface area contributed by atoms with E-state index in [4.69, 9.17) is 0 Å². The van der Waals surface area contributed by atoms with Crippen LogP contribution in [-0.4, -0.2) is 46.6 Å². The van der Waals surface area contributed by atoms with E-state index in [0.717, 1.165) is 50.2 Å². The van der Waals surface area contributed by atoms with Crippen LogP contribution < -0.4 is 5.32 Å². The number of aryl methyl sites for hydroxylation is 2. The highest BCUT2D eigenvalue weighted by atomic mass is 16.4. The number of carboxylic acid groups (broad SMARTS) is 1. The molecule has 5 heteroatoms. The van der Waals surface area contributed by atoms with E-state index in [2.05, 4.69) is 22.1 Å². The minimum absolute atomic E-state index is 0.310. The molecule has 0 aromatic carbocycles. The van der Waals surface area contributed by atoms with E-state index in [1.165, 1.54) is 12.8 Å². The summed E-state index contributed by atoms with van der Waals surface area (Å²) < 4.78 is 0. The summed E-state index contributed by atoms with van der Waals surface area (Å²) in [5.41, 5.74) is 2.48. The summed E-state index contributed by atoms with van der Waals surface area (Å²) in [6.45, 7) is 5.22. The normalized spacial score (nSPS) is 19.5. The summed E-state index contributed by atoms with van der Waals surface area (Å²) >= 11 is 0. The second-order valence-corrected chi connectivity index (χ2v) is 6.12. The Balaban J connectivity index is 1.73. The monoisotopic (exact) mass is 289 g/mol. The Hall–Kier alpha value is -1.62. The molecule has 114 valence electrons. The SMILES string of the molecule is CC(CNc1nc2c(cc1C(=O)O)CCC2)N1CCCC1. The zero-order chi connectivity index (χ0) is 14.8. The van der Waals surface area contributed by atoms with Crippen molar-refractivity contribution in [3.63, 3.8) is 0 Å². The molecule has 2 aliphatic rings. The summed E-state index contributed by atoms with van der Waals surface area (Å²) in [6.07, 6.45) is 5.53. The van der Waals surface area contributed by atoms with Crippen molar-refractivity contribution in [3.8, 4) is 0 Å². The van der Waals surface area contributed by atoms with Crippen molar-refractivity contribution in [2.75, 3.05) is 25.0 Å². The first-order valence-electron chi connectivity index (χ1n) is 7.89. The van der Waals surface area contributed by atoms with Crippen LogP contribution in [0, 0.1) is 0 Å². The number of likely N-dealkylation sites (tertiary alicyclic amines) is 1. The van der Waals surface area contributed by atoms with Gasteiger partial charge in [-0.2, -0.15) is 0 Å². The van der Waals surface area contributed by atoms with Crippen LogP contribution in [0.2, 0.25) is 0 Å². The molecule has 5 nitrogen and oxygen atoms in total. The second kappa shape index (κ2) is 6.02. The maximum absolute atomic E-state index is 11.4. The Labute approximate surface area is 125 Å².